The van der Waals surface area contributed by atoms with Gasteiger partial charge in [-0.25, -0.2) is 0 Å². The number of nitrogens with zero attached hydrogens (tertiary/aromatic N) is 1. The maximum absolute atomic E-state index is 12.4. The molecule has 7 nitrogen and oxygen atoms in total. The fourth-order valence-corrected chi connectivity index (χ4v) is 3.19. The molecule has 1 atom stereocenters. The zero-order chi connectivity index (χ0) is 20.6. The van der Waals surface area contributed by atoms with Crippen molar-refractivity contribution in [2.24, 2.45) is 0 Å². The van der Waals surface area contributed by atoms with Crippen LogP contribution in [-0.2, 0) is 25.7 Å². The fourth-order valence-electron chi connectivity index (χ4n) is 2.99. The van der Waals surface area contributed by atoms with E-state index in [-0.39, 0.29) is 25.1 Å². The van der Waals surface area contributed by atoms with Crippen molar-refractivity contribution in [3.05, 3.63) is 70.7 Å². The van der Waals surface area contributed by atoms with E-state index in [0.717, 1.165) is 5.56 Å². The van der Waals surface area contributed by atoms with Gasteiger partial charge in [-0.1, -0.05) is 60.1 Å². The molecular formula is C21H22ClN3O4. The fraction of sp³-hybridized carbons (Fsp3) is 0.286. The van der Waals surface area contributed by atoms with Gasteiger partial charge in [0.2, 0.25) is 5.91 Å². The second kappa shape index (κ2) is 10.0. The van der Waals surface area contributed by atoms with Crippen molar-refractivity contribution in [3.63, 3.8) is 0 Å². The van der Waals surface area contributed by atoms with E-state index in [1.807, 2.05) is 30.3 Å². The highest BCUT2D eigenvalue weighted by molar-refractivity contribution is 6.35. The molecule has 0 bridgehead atoms. The highest BCUT2D eigenvalue weighted by Gasteiger charge is 2.26. The van der Waals surface area contributed by atoms with Crippen molar-refractivity contribution in [3.8, 4) is 0 Å². The van der Waals surface area contributed by atoms with Gasteiger partial charge < -0.3 is 20.3 Å². The number of morpholine rings is 1. The van der Waals surface area contributed by atoms with Crippen LogP contribution in [0.2, 0.25) is 5.02 Å². The summed E-state index contributed by atoms with van der Waals surface area (Å²) in [6.45, 7) is 1.13. The Kier molecular flexibility index (Phi) is 7.21. The predicted octanol–water partition coefficient (Wildman–Crippen LogP) is 1.67. The lowest BCUT2D eigenvalue weighted by Gasteiger charge is -2.33. The molecular weight excluding hydrogens is 394 g/mol. The maximum Gasteiger partial charge on any atom is 0.309 e. The lowest BCUT2D eigenvalue weighted by atomic mass is 10.1. The third-order valence-corrected chi connectivity index (χ3v) is 4.96. The summed E-state index contributed by atoms with van der Waals surface area (Å²) >= 11 is 6.02. The van der Waals surface area contributed by atoms with Gasteiger partial charge in [0.25, 0.3) is 0 Å². The molecule has 0 aromatic heterocycles. The first kappa shape index (κ1) is 20.8. The molecule has 1 saturated heterocycles. The molecule has 0 radical (unpaired) electrons. The van der Waals surface area contributed by atoms with E-state index in [1.165, 1.54) is 0 Å². The number of carbonyl (C=O) groups is 3. The summed E-state index contributed by atoms with van der Waals surface area (Å²) in [5, 5.41) is 5.36. The Bertz CT molecular complexity index is 875. The molecule has 3 rings (SSSR count). The largest absolute Gasteiger partial charge is 0.370 e. The monoisotopic (exact) mass is 415 g/mol. The minimum absolute atomic E-state index is 0.127. The van der Waals surface area contributed by atoms with Crippen LogP contribution in [-0.4, -0.2) is 48.9 Å². The molecule has 152 valence electrons. The summed E-state index contributed by atoms with van der Waals surface area (Å²) in [7, 11) is 0. The van der Waals surface area contributed by atoms with E-state index < -0.39 is 11.8 Å². The molecule has 2 aromatic carbocycles. The minimum Gasteiger partial charge on any atom is -0.370 e. The molecule has 0 saturated carbocycles. The molecule has 0 spiro atoms. The normalized spacial score (nSPS) is 16.2. The summed E-state index contributed by atoms with van der Waals surface area (Å²) < 4.78 is 5.74. The minimum atomic E-state index is -0.863. The van der Waals surface area contributed by atoms with Crippen LogP contribution in [0.25, 0.3) is 0 Å². The zero-order valence-corrected chi connectivity index (χ0v) is 16.5. The highest BCUT2D eigenvalue weighted by atomic mass is 35.5. The first-order valence-electron chi connectivity index (χ1n) is 9.28. The van der Waals surface area contributed by atoms with E-state index in [0.29, 0.717) is 30.3 Å². The number of hydrogen-bond acceptors (Lipinski definition) is 4. The summed E-state index contributed by atoms with van der Waals surface area (Å²) in [4.78, 5) is 38.0. The van der Waals surface area contributed by atoms with Crippen LogP contribution in [0.15, 0.2) is 54.6 Å². The van der Waals surface area contributed by atoms with Crippen LogP contribution in [0.3, 0.4) is 0 Å². The van der Waals surface area contributed by atoms with Gasteiger partial charge >= 0.3 is 11.8 Å². The van der Waals surface area contributed by atoms with Crippen molar-refractivity contribution in [2.75, 3.05) is 26.2 Å². The van der Waals surface area contributed by atoms with Gasteiger partial charge in [-0.05, 0) is 17.2 Å². The Morgan fingerprint density at radius 1 is 1.00 bits per heavy atom. The van der Waals surface area contributed by atoms with Crippen molar-refractivity contribution < 1.29 is 19.1 Å². The van der Waals surface area contributed by atoms with Crippen LogP contribution in [0, 0.1) is 0 Å². The molecule has 29 heavy (non-hydrogen) atoms. The molecule has 1 unspecified atom stereocenters. The molecule has 1 heterocycles. The Balaban J connectivity index is 1.45. The number of halogens is 1. The molecule has 1 aliphatic rings. The molecule has 8 heteroatoms. The Morgan fingerprint density at radius 2 is 1.69 bits per heavy atom. The lowest BCUT2D eigenvalue weighted by Crippen LogP contribution is -2.48. The predicted molar refractivity (Wildman–Crippen MR) is 108 cm³/mol. The van der Waals surface area contributed by atoms with Crippen molar-refractivity contribution in [1.29, 1.82) is 0 Å². The molecule has 1 aliphatic heterocycles. The second-order valence-electron chi connectivity index (χ2n) is 6.57. The summed E-state index contributed by atoms with van der Waals surface area (Å²) in [6.07, 6.45) is -0.205. The summed E-state index contributed by atoms with van der Waals surface area (Å²) in [5.74, 6) is -1.94. The van der Waals surface area contributed by atoms with Crippen LogP contribution in [0.4, 0.5) is 0 Å². The third-order valence-electron chi connectivity index (χ3n) is 4.59. The van der Waals surface area contributed by atoms with E-state index in [2.05, 4.69) is 10.6 Å². The average Bonchev–Trinajstić information content (AvgIpc) is 2.77. The van der Waals surface area contributed by atoms with Gasteiger partial charge in [-0.3, -0.25) is 14.4 Å². The van der Waals surface area contributed by atoms with Gasteiger partial charge in [0.1, 0.15) is 6.10 Å². The summed E-state index contributed by atoms with van der Waals surface area (Å²) in [5.41, 5.74) is 1.69. The number of nitrogens with one attached hydrogen (secondary N) is 2. The van der Waals surface area contributed by atoms with Crippen LogP contribution < -0.4 is 10.6 Å². The van der Waals surface area contributed by atoms with E-state index >= 15 is 0 Å². The Morgan fingerprint density at radius 3 is 2.45 bits per heavy atom. The van der Waals surface area contributed by atoms with Crippen LogP contribution >= 0.6 is 11.6 Å². The number of amides is 3. The second-order valence-corrected chi connectivity index (χ2v) is 6.97. The van der Waals surface area contributed by atoms with E-state index in [9.17, 15) is 14.4 Å². The lowest BCUT2D eigenvalue weighted by molar-refractivity contribution is -0.142. The molecule has 2 N–H and O–H groups in total. The first-order chi connectivity index (χ1) is 14.0. The van der Waals surface area contributed by atoms with Crippen LogP contribution in [0.5, 0.6) is 0 Å². The van der Waals surface area contributed by atoms with Crippen molar-refractivity contribution >= 4 is 29.3 Å². The van der Waals surface area contributed by atoms with Gasteiger partial charge in [0.15, 0.2) is 0 Å². The zero-order valence-electron chi connectivity index (χ0n) is 15.8. The Hall–Kier alpha value is -2.90. The quantitative estimate of drug-likeness (QED) is 0.727. The maximum atomic E-state index is 12.4. The van der Waals surface area contributed by atoms with E-state index in [4.69, 9.17) is 16.3 Å². The molecule has 2 aromatic rings. The van der Waals surface area contributed by atoms with Gasteiger partial charge in [-0.2, -0.15) is 0 Å². The number of hydrogen-bond donors (Lipinski definition) is 2. The molecule has 1 fully saturated rings. The van der Waals surface area contributed by atoms with E-state index in [1.54, 1.807) is 29.2 Å². The number of benzene rings is 2. The molecule has 0 aliphatic carbocycles. The number of carbonyl (C=O) groups excluding carboxylic acids is 3. The smallest absolute Gasteiger partial charge is 0.309 e. The van der Waals surface area contributed by atoms with Crippen LogP contribution in [0.1, 0.15) is 17.2 Å². The number of rotatable bonds is 5. The molecule has 3 amide bonds. The van der Waals surface area contributed by atoms with Gasteiger partial charge in [-0.15, -0.1) is 0 Å². The third kappa shape index (κ3) is 5.79. The average molecular weight is 416 g/mol. The number of ether oxygens (including phenoxy) is 1. The standard InChI is InChI=1S/C21H22ClN3O4/c22-17-9-5-4-8-16(17)12-23-20(27)21(28)24-13-19(26)25-10-11-29-18(14-25)15-6-2-1-3-7-15/h1-9,18H,10-14H2,(H,23,27)(H,24,28). The SMILES string of the molecule is O=C(NCC(=O)N1CCOC(c2ccccc2)C1)C(=O)NCc1ccccc1Cl. The van der Waals surface area contributed by atoms with Crippen molar-refractivity contribution in [2.45, 2.75) is 12.6 Å². The summed E-state index contributed by atoms with van der Waals surface area (Å²) in [6, 6.07) is 16.7. The van der Waals surface area contributed by atoms with Gasteiger partial charge in [0.05, 0.1) is 19.7 Å². The Labute approximate surface area is 174 Å². The van der Waals surface area contributed by atoms with Gasteiger partial charge in [0, 0.05) is 18.1 Å². The highest BCUT2D eigenvalue weighted by Crippen LogP contribution is 2.21. The topological polar surface area (TPSA) is 87.7 Å². The first-order valence-corrected chi connectivity index (χ1v) is 9.66. The van der Waals surface area contributed by atoms with Crippen molar-refractivity contribution in [1.82, 2.24) is 15.5 Å².